The average molecular weight is 246 g/mol. The number of rotatable bonds is 3. The van der Waals surface area contributed by atoms with Gasteiger partial charge < -0.3 is 5.11 Å². The van der Waals surface area contributed by atoms with Crippen molar-refractivity contribution in [2.75, 3.05) is 0 Å². The summed E-state index contributed by atoms with van der Waals surface area (Å²) >= 11 is 0. The van der Waals surface area contributed by atoms with E-state index in [-0.39, 0.29) is 17.8 Å². The van der Waals surface area contributed by atoms with Crippen molar-refractivity contribution in [3.8, 4) is 0 Å². The van der Waals surface area contributed by atoms with Crippen LogP contribution in [-0.2, 0) is 18.4 Å². The molecule has 0 bridgehead atoms. The number of aliphatic carboxylic acids is 1. The smallest absolute Gasteiger partial charge is 0.331 e. The number of hydrogen-bond acceptors (Lipinski definition) is 2. The molecule has 1 N–H and O–H groups in total. The van der Waals surface area contributed by atoms with E-state index in [2.05, 4.69) is 0 Å². The average Bonchev–Trinajstić information content (AvgIpc) is 2.60. The monoisotopic (exact) mass is 246 g/mol. The first-order valence-corrected chi connectivity index (χ1v) is 5.56. The Morgan fingerprint density at radius 2 is 1.94 bits per heavy atom. The molecule has 5 heteroatoms. The van der Waals surface area contributed by atoms with E-state index in [1.807, 2.05) is 24.3 Å². The molecule has 1 heterocycles. The van der Waals surface area contributed by atoms with Gasteiger partial charge in [-0.2, -0.15) is 0 Å². The van der Waals surface area contributed by atoms with Crippen LogP contribution >= 0.6 is 0 Å². The summed E-state index contributed by atoms with van der Waals surface area (Å²) < 4.78 is 3.11. The molecular formula is C13H14N2O3. The number of hydrogen-bond donors (Lipinski definition) is 1. The maximum Gasteiger partial charge on any atom is 0.331 e. The highest BCUT2D eigenvalue weighted by atomic mass is 16.4. The minimum absolute atomic E-state index is 0.148. The predicted molar refractivity (Wildman–Crippen MR) is 68.6 cm³/mol. The van der Waals surface area contributed by atoms with Gasteiger partial charge in [-0.25, -0.2) is 9.59 Å². The lowest BCUT2D eigenvalue weighted by atomic mass is 10.3. The van der Waals surface area contributed by atoms with Gasteiger partial charge in [0.15, 0.2) is 0 Å². The number of fused-ring (bicyclic) bond motifs is 1. The molecule has 0 fully saturated rings. The van der Waals surface area contributed by atoms with Crippen molar-refractivity contribution < 1.29 is 9.90 Å². The Bertz CT molecular complexity index is 692. The number of imidazole rings is 1. The van der Waals surface area contributed by atoms with E-state index in [1.54, 1.807) is 16.2 Å². The molecule has 0 aliphatic carbocycles. The predicted octanol–water partition coefficient (Wildman–Crippen LogP) is 1.37. The minimum atomic E-state index is -0.969. The maximum absolute atomic E-state index is 12.0. The molecule has 2 aromatic rings. The summed E-state index contributed by atoms with van der Waals surface area (Å²) in [7, 11) is 1.70. The van der Waals surface area contributed by atoms with Crippen molar-refractivity contribution >= 4 is 17.0 Å². The molecule has 0 saturated carbocycles. The summed E-state index contributed by atoms with van der Waals surface area (Å²) in [5.41, 5.74) is 1.73. The van der Waals surface area contributed by atoms with Crippen LogP contribution in [0.1, 0.15) is 6.92 Å². The van der Waals surface area contributed by atoms with E-state index >= 15 is 0 Å². The van der Waals surface area contributed by atoms with E-state index in [0.717, 1.165) is 11.0 Å². The highest BCUT2D eigenvalue weighted by Gasteiger charge is 2.09. The number of carboxylic acid groups (broad SMARTS) is 1. The Labute approximate surface area is 104 Å². The van der Waals surface area contributed by atoms with Crippen molar-refractivity contribution in [2.24, 2.45) is 7.05 Å². The third kappa shape index (κ3) is 1.95. The standard InChI is InChI=1S/C13H14N2O3/c1-9(12(16)17)7-8-15-11-6-4-3-5-10(11)14(2)13(15)18/h3-7H,8H2,1-2H3,(H,16,17). The number of nitrogens with zero attached hydrogens (tertiary/aromatic N) is 2. The summed E-state index contributed by atoms with van der Waals surface area (Å²) in [6.45, 7) is 1.77. The van der Waals surface area contributed by atoms with E-state index in [0.29, 0.717) is 0 Å². The van der Waals surface area contributed by atoms with Gasteiger partial charge in [-0.05, 0) is 19.1 Å². The van der Waals surface area contributed by atoms with Crippen LogP contribution in [0.4, 0.5) is 0 Å². The van der Waals surface area contributed by atoms with Crippen molar-refractivity contribution in [1.29, 1.82) is 0 Å². The number of aryl methyl sites for hydroxylation is 1. The highest BCUT2D eigenvalue weighted by molar-refractivity contribution is 5.85. The van der Waals surface area contributed by atoms with Crippen LogP contribution in [0.25, 0.3) is 11.0 Å². The van der Waals surface area contributed by atoms with Gasteiger partial charge >= 0.3 is 11.7 Å². The van der Waals surface area contributed by atoms with Crippen LogP contribution < -0.4 is 5.69 Å². The zero-order valence-corrected chi connectivity index (χ0v) is 10.3. The van der Waals surface area contributed by atoms with Crippen LogP contribution in [0.15, 0.2) is 40.7 Å². The van der Waals surface area contributed by atoms with Gasteiger partial charge in [0.25, 0.3) is 0 Å². The fourth-order valence-electron chi connectivity index (χ4n) is 1.86. The second-order valence-corrected chi connectivity index (χ2v) is 4.13. The molecule has 94 valence electrons. The highest BCUT2D eigenvalue weighted by Crippen LogP contribution is 2.11. The summed E-state index contributed by atoms with van der Waals surface area (Å²) in [6, 6.07) is 7.43. The maximum atomic E-state index is 12.0. The molecule has 0 aliphatic heterocycles. The number of allylic oxidation sites excluding steroid dienone is 1. The molecule has 0 atom stereocenters. The van der Waals surface area contributed by atoms with Gasteiger partial charge in [0.2, 0.25) is 0 Å². The SMILES string of the molecule is CC(=CCn1c(=O)n(C)c2ccccc21)C(=O)O. The van der Waals surface area contributed by atoms with E-state index in [9.17, 15) is 9.59 Å². The first-order valence-electron chi connectivity index (χ1n) is 5.56. The van der Waals surface area contributed by atoms with E-state index in [4.69, 9.17) is 5.11 Å². The van der Waals surface area contributed by atoms with Crippen molar-refractivity contribution in [3.05, 3.63) is 46.4 Å². The topological polar surface area (TPSA) is 64.2 Å². The molecular weight excluding hydrogens is 232 g/mol. The lowest BCUT2D eigenvalue weighted by Gasteiger charge is -1.99. The quantitative estimate of drug-likeness (QED) is 0.832. The molecule has 0 saturated heterocycles. The first-order chi connectivity index (χ1) is 8.52. The van der Waals surface area contributed by atoms with Crippen LogP contribution in [0.3, 0.4) is 0 Å². The Kier molecular flexibility index (Phi) is 3.06. The molecule has 5 nitrogen and oxygen atoms in total. The van der Waals surface area contributed by atoms with Gasteiger partial charge in [0, 0.05) is 19.2 Å². The summed E-state index contributed by atoms with van der Waals surface area (Å²) in [5, 5.41) is 8.79. The van der Waals surface area contributed by atoms with Gasteiger partial charge in [-0.3, -0.25) is 9.13 Å². The van der Waals surface area contributed by atoms with Crippen molar-refractivity contribution in [1.82, 2.24) is 9.13 Å². The number of carbonyl (C=O) groups is 1. The molecule has 18 heavy (non-hydrogen) atoms. The van der Waals surface area contributed by atoms with Crippen molar-refractivity contribution in [3.63, 3.8) is 0 Å². The van der Waals surface area contributed by atoms with Gasteiger partial charge in [0.1, 0.15) is 0 Å². The second kappa shape index (κ2) is 4.52. The molecule has 1 aromatic heterocycles. The molecule has 0 spiro atoms. The molecule has 0 radical (unpaired) electrons. The Morgan fingerprint density at radius 3 is 2.56 bits per heavy atom. The number of carboxylic acids is 1. The van der Waals surface area contributed by atoms with Crippen LogP contribution in [-0.4, -0.2) is 20.2 Å². The number of benzene rings is 1. The minimum Gasteiger partial charge on any atom is -0.478 e. The van der Waals surface area contributed by atoms with Gasteiger partial charge in [-0.1, -0.05) is 18.2 Å². The second-order valence-electron chi connectivity index (χ2n) is 4.13. The summed E-state index contributed by atoms with van der Waals surface area (Å²) in [5.74, 6) is -0.969. The molecule has 0 unspecified atom stereocenters. The van der Waals surface area contributed by atoms with Crippen LogP contribution in [0, 0.1) is 0 Å². The fourth-order valence-corrected chi connectivity index (χ4v) is 1.86. The third-order valence-corrected chi connectivity index (χ3v) is 2.97. The van der Waals surface area contributed by atoms with Crippen LogP contribution in [0.5, 0.6) is 0 Å². The fraction of sp³-hybridized carbons (Fsp3) is 0.231. The number of aromatic nitrogens is 2. The lowest BCUT2D eigenvalue weighted by Crippen LogP contribution is -2.22. The zero-order valence-electron chi connectivity index (χ0n) is 10.3. The largest absolute Gasteiger partial charge is 0.478 e. The Morgan fingerprint density at radius 1 is 1.33 bits per heavy atom. The third-order valence-electron chi connectivity index (χ3n) is 2.97. The normalized spacial score (nSPS) is 12.0. The van der Waals surface area contributed by atoms with Crippen LogP contribution in [0.2, 0.25) is 0 Å². The van der Waals surface area contributed by atoms with Gasteiger partial charge in [0.05, 0.1) is 11.0 Å². The molecule has 2 rings (SSSR count). The van der Waals surface area contributed by atoms with E-state index in [1.165, 1.54) is 13.0 Å². The lowest BCUT2D eigenvalue weighted by molar-refractivity contribution is -0.132. The Hall–Kier alpha value is -2.30. The Balaban J connectivity index is 2.52. The molecule has 0 aliphatic rings. The van der Waals surface area contributed by atoms with E-state index < -0.39 is 5.97 Å². The molecule has 0 amide bonds. The summed E-state index contributed by atoms with van der Waals surface area (Å²) in [4.78, 5) is 22.7. The van der Waals surface area contributed by atoms with Gasteiger partial charge in [-0.15, -0.1) is 0 Å². The first kappa shape index (κ1) is 12.2. The molecule has 1 aromatic carbocycles. The zero-order chi connectivity index (χ0) is 13.3. The number of para-hydroxylation sites is 2. The summed E-state index contributed by atoms with van der Waals surface area (Å²) in [6.07, 6.45) is 1.54. The van der Waals surface area contributed by atoms with Crippen molar-refractivity contribution in [2.45, 2.75) is 13.5 Å².